The zero-order valence-electron chi connectivity index (χ0n) is 29.1. The topological polar surface area (TPSA) is 35.6 Å². The van der Waals surface area contributed by atoms with E-state index in [2.05, 4.69) is 179 Å². The van der Waals surface area contributed by atoms with Gasteiger partial charge in [0.05, 0.1) is 38.8 Å². The molecule has 1 aliphatic heterocycles. The second kappa shape index (κ2) is 11.1. The first kappa shape index (κ1) is 29.3. The highest BCUT2D eigenvalue weighted by Crippen LogP contribution is 2.48. The molecule has 0 fully saturated rings. The number of nitrogens with zero attached hydrogens (tertiary/aromatic N) is 4. The molecule has 0 unspecified atom stereocenters. The predicted molar refractivity (Wildman–Crippen MR) is 224 cm³/mol. The van der Waals surface area contributed by atoms with Crippen LogP contribution in [0.2, 0.25) is 0 Å². The van der Waals surface area contributed by atoms with E-state index in [0.29, 0.717) is 0 Å². The summed E-state index contributed by atoms with van der Waals surface area (Å²) in [6.07, 6.45) is 0. The van der Waals surface area contributed by atoms with Gasteiger partial charge in [-0.3, -0.25) is 4.57 Å². The van der Waals surface area contributed by atoms with Crippen LogP contribution in [0.25, 0.3) is 111 Å². The molecule has 12 rings (SSSR count). The minimum absolute atomic E-state index is 0.816. The SMILES string of the molecule is c1ccc(-c2ccc(-c3nc4ccccc4nc3-n3c4ccccc4c4cc5c(cc43)c3cccc4c3n5-c3ccccc3-c3ccccc3-4)cc2)cc1. The molecule has 0 radical (unpaired) electrons. The Balaban J connectivity index is 1.19. The molecule has 0 amide bonds. The molecule has 0 N–H and O–H groups in total. The highest BCUT2D eigenvalue weighted by atomic mass is 15.1. The van der Waals surface area contributed by atoms with E-state index in [9.17, 15) is 0 Å². The van der Waals surface area contributed by atoms with Crippen LogP contribution in [0.5, 0.6) is 0 Å². The Kier molecular flexibility index (Phi) is 6.02. The van der Waals surface area contributed by atoms with Crippen molar-refractivity contribution in [2.45, 2.75) is 0 Å². The van der Waals surface area contributed by atoms with Crippen LogP contribution in [0.1, 0.15) is 0 Å². The molecule has 4 nitrogen and oxygen atoms in total. The molecule has 0 atom stereocenters. The lowest BCUT2D eigenvalue weighted by Gasteiger charge is -2.14. The van der Waals surface area contributed by atoms with Gasteiger partial charge in [-0.1, -0.05) is 146 Å². The van der Waals surface area contributed by atoms with E-state index < -0.39 is 0 Å². The van der Waals surface area contributed by atoms with Crippen molar-refractivity contribution in [1.82, 2.24) is 19.1 Å². The van der Waals surface area contributed by atoms with E-state index >= 15 is 0 Å². The lowest BCUT2D eigenvalue weighted by molar-refractivity contribution is 1.08. The third-order valence-corrected chi connectivity index (χ3v) is 11.3. The van der Waals surface area contributed by atoms with Crippen LogP contribution < -0.4 is 0 Å². The molecule has 0 saturated heterocycles. The quantitative estimate of drug-likeness (QED) is 0.185. The molecule has 4 heteroatoms. The first-order chi connectivity index (χ1) is 26.8. The molecular formula is C50H30N4. The summed E-state index contributed by atoms with van der Waals surface area (Å²) >= 11 is 0. The number of hydrogen-bond acceptors (Lipinski definition) is 2. The van der Waals surface area contributed by atoms with E-state index in [1.54, 1.807) is 0 Å². The number of rotatable bonds is 3. The minimum atomic E-state index is 0.816. The molecule has 0 bridgehead atoms. The van der Waals surface area contributed by atoms with Crippen molar-refractivity contribution in [3.05, 3.63) is 182 Å². The average molecular weight is 687 g/mol. The van der Waals surface area contributed by atoms with Crippen LogP contribution in [0.4, 0.5) is 0 Å². The molecule has 1 aliphatic rings. The van der Waals surface area contributed by atoms with Gasteiger partial charge in [-0.05, 0) is 58.7 Å². The Morgan fingerprint density at radius 3 is 1.70 bits per heavy atom. The Hall–Kier alpha value is -7.30. The fraction of sp³-hybridized carbons (Fsp3) is 0. The van der Waals surface area contributed by atoms with E-state index in [1.807, 2.05) is 12.1 Å². The highest BCUT2D eigenvalue weighted by molar-refractivity contribution is 6.22. The summed E-state index contributed by atoms with van der Waals surface area (Å²) in [5.41, 5.74) is 16.8. The summed E-state index contributed by atoms with van der Waals surface area (Å²) in [5, 5.41) is 4.80. The molecule has 54 heavy (non-hydrogen) atoms. The van der Waals surface area contributed by atoms with Gasteiger partial charge in [0.25, 0.3) is 0 Å². The van der Waals surface area contributed by atoms with Gasteiger partial charge in [-0.25, -0.2) is 9.97 Å². The summed E-state index contributed by atoms with van der Waals surface area (Å²) in [6.45, 7) is 0. The van der Waals surface area contributed by atoms with E-state index in [4.69, 9.17) is 9.97 Å². The zero-order valence-corrected chi connectivity index (χ0v) is 29.1. The van der Waals surface area contributed by atoms with Gasteiger partial charge in [0.15, 0.2) is 5.82 Å². The molecular weight excluding hydrogens is 657 g/mol. The number of fused-ring (bicyclic) bond motifs is 12. The van der Waals surface area contributed by atoms with Gasteiger partial charge >= 0.3 is 0 Å². The first-order valence-electron chi connectivity index (χ1n) is 18.4. The normalized spacial score (nSPS) is 12.1. The Morgan fingerprint density at radius 1 is 0.333 bits per heavy atom. The van der Waals surface area contributed by atoms with Crippen LogP contribution >= 0.6 is 0 Å². The summed E-state index contributed by atoms with van der Waals surface area (Å²) in [4.78, 5) is 10.8. The molecule has 4 heterocycles. The lowest BCUT2D eigenvalue weighted by atomic mass is 9.94. The van der Waals surface area contributed by atoms with Crippen molar-refractivity contribution >= 4 is 54.6 Å². The molecule has 0 saturated carbocycles. The highest BCUT2D eigenvalue weighted by Gasteiger charge is 2.26. The minimum Gasteiger partial charge on any atom is -0.308 e. The Morgan fingerprint density at radius 2 is 0.889 bits per heavy atom. The van der Waals surface area contributed by atoms with Crippen molar-refractivity contribution < 1.29 is 0 Å². The van der Waals surface area contributed by atoms with Crippen LogP contribution in [-0.2, 0) is 0 Å². The summed E-state index contributed by atoms with van der Waals surface area (Å²) in [7, 11) is 0. The molecule has 8 aromatic carbocycles. The van der Waals surface area contributed by atoms with Crippen molar-refractivity contribution in [3.8, 4) is 56.1 Å². The third-order valence-electron chi connectivity index (χ3n) is 11.3. The number of hydrogen-bond donors (Lipinski definition) is 0. The van der Waals surface area contributed by atoms with Gasteiger partial charge in [0, 0.05) is 38.2 Å². The van der Waals surface area contributed by atoms with Crippen molar-refractivity contribution in [3.63, 3.8) is 0 Å². The van der Waals surface area contributed by atoms with Crippen molar-refractivity contribution in [2.24, 2.45) is 0 Å². The van der Waals surface area contributed by atoms with Gasteiger partial charge in [0.2, 0.25) is 0 Å². The maximum absolute atomic E-state index is 5.43. The summed E-state index contributed by atoms with van der Waals surface area (Å²) in [5.74, 6) is 0.816. The van der Waals surface area contributed by atoms with Crippen LogP contribution in [0, 0.1) is 0 Å². The molecule has 250 valence electrons. The van der Waals surface area contributed by atoms with Gasteiger partial charge in [-0.2, -0.15) is 0 Å². The second-order valence-electron chi connectivity index (χ2n) is 14.2. The molecule has 0 spiro atoms. The first-order valence-corrected chi connectivity index (χ1v) is 18.4. The zero-order chi connectivity index (χ0) is 35.3. The largest absolute Gasteiger partial charge is 0.308 e. The number of benzene rings is 8. The maximum atomic E-state index is 5.43. The third kappa shape index (κ3) is 4.08. The fourth-order valence-electron chi connectivity index (χ4n) is 8.86. The second-order valence-corrected chi connectivity index (χ2v) is 14.2. The number of para-hydroxylation sites is 5. The monoisotopic (exact) mass is 686 g/mol. The van der Waals surface area contributed by atoms with E-state index in [1.165, 1.54) is 71.6 Å². The van der Waals surface area contributed by atoms with Crippen LogP contribution in [-0.4, -0.2) is 19.1 Å². The average Bonchev–Trinajstić information content (AvgIpc) is 3.70. The van der Waals surface area contributed by atoms with Crippen molar-refractivity contribution in [1.29, 1.82) is 0 Å². The Labute approximate surface area is 310 Å². The fourth-order valence-corrected chi connectivity index (χ4v) is 8.86. The van der Waals surface area contributed by atoms with Crippen LogP contribution in [0.15, 0.2) is 182 Å². The number of aromatic nitrogens is 4. The maximum Gasteiger partial charge on any atom is 0.165 e. The predicted octanol–water partition coefficient (Wildman–Crippen LogP) is 12.8. The summed E-state index contributed by atoms with van der Waals surface area (Å²) in [6, 6.07) is 65.3. The molecule has 11 aromatic rings. The molecule has 0 aliphatic carbocycles. The molecule has 3 aromatic heterocycles. The Bertz CT molecular complexity index is 3310. The van der Waals surface area contributed by atoms with Crippen LogP contribution in [0.3, 0.4) is 0 Å². The van der Waals surface area contributed by atoms with E-state index in [0.717, 1.165) is 39.1 Å². The van der Waals surface area contributed by atoms with Gasteiger partial charge < -0.3 is 4.57 Å². The standard InChI is InChI=1S/C50H30N4/c1-2-13-31(14-3-1)32-25-27-33(28-26-32)48-50(52-43-22-9-8-21-42(43)51-48)54-45-24-11-7-18-37(45)40-29-46-41(30-47(40)54)39-20-12-19-38-35-16-5-4-15-34(35)36-17-6-10-23-44(36)53(46)49(38)39/h1-30H. The van der Waals surface area contributed by atoms with E-state index in [-0.39, 0.29) is 0 Å². The van der Waals surface area contributed by atoms with Crippen molar-refractivity contribution in [2.75, 3.05) is 0 Å². The smallest absolute Gasteiger partial charge is 0.165 e. The van der Waals surface area contributed by atoms with Gasteiger partial charge in [-0.15, -0.1) is 0 Å². The lowest BCUT2D eigenvalue weighted by Crippen LogP contribution is -2.03. The van der Waals surface area contributed by atoms with Gasteiger partial charge in [0.1, 0.15) is 5.69 Å². The summed E-state index contributed by atoms with van der Waals surface area (Å²) < 4.78 is 4.84.